The summed E-state index contributed by atoms with van der Waals surface area (Å²) in [6.45, 7) is 3.26. The Labute approximate surface area is 468 Å². The van der Waals surface area contributed by atoms with Gasteiger partial charge in [0, 0.05) is 28.2 Å². The second kappa shape index (κ2) is 25.3. The standard InChI is InChI=1S/C24H33FN7O7P.C12H17FN6O3.C10H11ClFN5O3/c1-13(2)37-23(34)14(3)30-40(35,39-15-9-7-6-8-10-15)36-11-16-19(33)17(25)22(38-16)32-12-27-18-20(31(4)5)28-24(26)29-21(18)32;1-18(2)9-7-10(17-12(14)16-9)19(4-15-7)11-6(13)8(21)5(3-20)22-11;11-7-5-8(16-10(13)15-7)17(2-14-5)9-4(12)6(19)3(1-18)20-9/h6-10,12-14,16-17,19,22,33H,11H2,1-5H3,(H,30,35)(H2,26,28,29);4-6,8,11,20-21H,3H2,1-2H3,(H2,14,16,17);2-4,6,9,18-19H,1H2,(H2,13,15,16)/t14-,16+,17+,19+,22+,40-;5-,6-,8-,11-;3-,4-,6-,9-/m011/s1. The van der Waals surface area contributed by atoms with E-state index in [1.54, 1.807) is 82.2 Å². The minimum absolute atomic E-state index is 0.0191. The van der Waals surface area contributed by atoms with E-state index >= 15 is 4.39 Å². The maximum Gasteiger partial charge on any atom is 0.459 e. The summed E-state index contributed by atoms with van der Waals surface area (Å²) in [6.07, 6.45) is -13.3. The molecule has 3 aliphatic rings. The molecule has 0 bridgehead atoms. The molecule has 6 aromatic heterocycles. The lowest BCUT2D eigenvalue weighted by atomic mass is 10.1. The first kappa shape index (κ1) is 61.1. The molecule has 0 unspecified atom stereocenters. The van der Waals surface area contributed by atoms with Gasteiger partial charge in [-0.3, -0.25) is 23.0 Å². The van der Waals surface area contributed by atoms with Gasteiger partial charge in [0.25, 0.3) is 0 Å². The van der Waals surface area contributed by atoms with E-state index in [0.29, 0.717) is 28.3 Å². The summed E-state index contributed by atoms with van der Waals surface area (Å²) in [6, 6.07) is 7.06. The van der Waals surface area contributed by atoms with Crippen LogP contribution < -0.4 is 36.6 Å². The third kappa shape index (κ3) is 12.8. The molecule has 3 aliphatic heterocycles. The van der Waals surface area contributed by atoms with Gasteiger partial charge < -0.3 is 76.0 Å². The molecule has 446 valence electrons. The maximum absolute atomic E-state index is 15.3. The van der Waals surface area contributed by atoms with Crippen molar-refractivity contribution in [3.05, 3.63) is 54.5 Å². The lowest BCUT2D eigenvalue weighted by Crippen LogP contribution is -2.37. The number of hydrogen-bond donors (Lipinski definition) is 9. The number of esters is 1. The van der Waals surface area contributed by atoms with E-state index in [-0.39, 0.29) is 45.6 Å². The SMILES string of the molecule is CC(C)OC(=O)[C@H](C)N[P@](=O)(OC[C@H]1O[C@@H](n2cnc3c(N(C)C)nc(N)nc32)[C@H](F)[C@@H]1O)Oc1ccccc1.CN(C)c1nc(N)nc2c1ncn2[C@@H]1O[C@H](CO)[C@@H](O)[C@H]1F.Nc1nc(Cl)c2ncn([C@@H]3O[C@H](CO)[C@@H](O)[C@H]3F)c2n1. The van der Waals surface area contributed by atoms with Crippen molar-refractivity contribution in [1.29, 1.82) is 0 Å². The molecule has 36 heteroatoms. The number of ether oxygens (including phenoxy) is 4. The van der Waals surface area contributed by atoms with E-state index in [0.717, 1.165) is 0 Å². The minimum Gasteiger partial charge on any atom is -0.462 e. The fraction of sp³-hybridized carbons (Fsp3) is 0.522. The molecule has 3 saturated heterocycles. The van der Waals surface area contributed by atoms with Gasteiger partial charge in [-0.05, 0) is 32.9 Å². The summed E-state index contributed by atoms with van der Waals surface area (Å²) >= 11 is 5.87. The Hall–Kier alpha value is -6.95. The van der Waals surface area contributed by atoms with E-state index in [1.165, 1.54) is 39.6 Å². The first-order chi connectivity index (χ1) is 38.8. The van der Waals surface area contributed by atoms with Gasteiger partial charge in [0.1, 0.15) is 53.9 Å². The average Bonchev–Trinajstić information content (AvgIpc) is 4.09. The number of halogens is 4. The molecule has 1 aromatic carbocycles. The smallest absolute Gasteiger partial charge is 0.459 e. The number of anilines is 5. The topological polar surface area (TPSA) is 418 Å². The minimum atomic E-state index is -4.26. The van der Waals surface area contributed by atoms with Crippen molar-refractivity contribution in [2.45, 2.75) is 107 Å². The number of aliphatic hydroxyl groups is 5. The second-order valence-corrected chi connectivity index (χ2v) is 21.4. The summed E-state index contributed by atoms with van der Waals surface area (Å²) in [7, 11) is 2.77. The van der Waals surface area contributed by atoms with E-state index < -0.39 is 120 Å². The molecule has 31 nitrogen and oxygen atoms in total. The summed E-state index contributed by atoms with van der Waals surface area (Å²) < 4.78 is 94.0. The van der Waals surface area contributed by atoms with Gasteiger partial charge in [0.15, 0.2) is 82.0 Å². The molecule has 7 aromatic rings. The van der Waals surface area contributed by atoms with E-state index in [2.05, 4.69) is 49.9 Å². The van der Waals surface area contributed by atoms with Gasteiger partial charge in [-0.2, -0.15) is 35.0 Å². The number of nitrogens with one attached hydrogen (secondary N) is 1. The molecule has 0 aliphatic carbocycles. The highest BCUT2D eigenvalue weighted by atomic mass is 35.5. The molecular weight excluding hydrogens is 1140 g/mol. The first-order valence-corrected chi connectivity index (χ1v) is 26.9. The average molecular weight is 1200 g/mol. The second-order valence-electron chi connectivity index (χ2n) is 19.3. The molecule has 82 heavy (non-hydrogen) atoms. The quantitative estimate of drug-likeness (QED) is 0.0369. The van der Waals surface area contributed by atoms with Crippen LogP contribution in [0.1, 0.15) is 39.5 Å². The number of imidazole rings is 3. The number of aromatic nitrogens is 12. The van der Waals surface area contributed by atoms with Crippen molar-refractivity contribution in [2.75, 3.05) is 75.0 Å². The number of hydrogen-bond acceptors (Lipinski definition) is 27. The van der Waals surface area contributed by atoms with Crippen LogP contribution in [0.3, 0.4) is 0 Å². The monoisotopic (exact) mass is 1200 g/mol. The van der Waals surface area contributed by atoms with Crippen molar-refractivity contribution in [2.24, 2.45) is 0 Å². The largest absolute Gasteiger partial charge is 0.462 e. The Kier molecular flexibility index (Phi) is 18.8. The predicted molar refractivity (Wildman–Crippen MR) is 286 cm³/mol. The van der Waals surface area contributed by atoms with Crippen molar-refractivity contribution in [3.8, 4) is 5.75 Å². The highest BCUT2D eigenvalue weighted by Crippen LogP contribution is 2.47. The Bertz CT molecular complexity index is 3390. The zero-order valence-corrected chi connectivity index (χ0v) is 46.4. The number of rotatable bonds is 16. The summed E-state index contributed by atoms with van der Waals surface area (Å²) in [4.78, 5) is 52.4. The predicted octanol–water partition coefficient (Wildman–Crippen LogP) is 0.918. The van der Waals surface area contributed by atoms with Crippen LogP contribution in [0.25, 0.3) is 33.5 Å². The molecule has 12 N–H and O–H groups in total. The number of benzene rings is 1. The van der Waals surface area contributed by atoms with Crippen LogP contribution in [0, 0.1) is 0 Å². The number of alkyl halides is 3. The molecule has 14 atom stereocenters. The van der Waals surface area contributed by atoms with Crippen molar-refractivity contribution in [3.63, 3.8) is 0 Å². The van der Waals surface area contributed by atoms with Gasteiger partial charge in [-0.15, -0.1) is 0 Å². The lowest BCUT2D eigenvalue weighted by molar-refractivity contribution is -0.149. The van der Waals surface area contributed by atoms with Crippen LogP contribution in [0.4, 0.5) is 42.7 Å². The number of nitrogens with zero attached hydrogens (tertiary/aromatic N) is 14. The molecule has 0 amide bonds. The van der Waals surface area contributed by atoms with E-state index in [4.69, 9.17) is 67.0 Å². The van der Waals surface area contributed by atoms with Gasteiger partial charge in [0.05, 0.1) is 44.9 Å². The third-order valence-corrected chi connectivity index (χ3v) is 14.5. The van der Waals surface area contributed by atoms with E-state index in [1.807, 2.05) is 0 Å². The molecule has 0 saturated carbocycles. The number of nitrogen functional groups attached to an aromatic ring is 3. The van der Waals surface area contributed by atoms with Crippen LogP contribution in [0.2, 0.25) is 5.15 Å². The number of fused-ring (bicyclic) bond motifs is 3. The maximum atomic E-state index is 15.3. The number of nitrogens with two attached hydrogens (primary N) is 3. The van der Waals surface area contributed by atoms with Crippen molar-refractivity contribution < 1.29 is 76.1 Å². The van der Waals surface area contributed by atoms with Crippen LogP contribution in [0.5, 0.6) is 5.75 Å². The summed E-state index contributed by atoms with van der Waals surface area (Å²) in [5.41, 5.74) is 18.8. The normalized spacial score (nSPS) is 26.3. The fourth-order valence-electron chi connectivity index (χ4n) is 8.64. The van der Waals surface area contributed by atoms with Crippen molar-refractivity contribution >= 4 is 88.3 Å². The van der Waals surface area contributed by atoms with Gasteiger partial charge in [-0.1, -0.05) is 29.8 Å². The Morgan fingerprint density at radius 3 is 1.50 bits per heavy atom. The highest BCUT2D eigenvalue weighted by Gasteiger charge is 2.49. The molecule has 3 fully saturated rings. The molecular formula is C46H61ClF3N18O13P. The molecule has 10 rings (SSSR count). The van der Waals surface area contributed by atoms with E-state index in [9.17, 15) is 33.5 Å². The fourth-order valence-corrected chi connectivity index (χ4v) is 10.4. The third-order valence-electron chi connectivity index (χ3n) is 12.6. The first-order valence-electron chi connectivity index (χ1n) is 25.0. The number of para-hydroxylation sites is 1. The van der Waals surface area contributed by atoms with Gasteiger partial charge >= 0.3 is 13.7 Å². The molecule has 0 spiro atoms. The number of carbonyl (C=O) groups excluding carboxylic acids is 1. The lowest BCUT2D eigenvalue weighted by Gasteiger charge is -2.25. The van der Waals surface area contributed by atoms with Crippen LogP contribution in [-0.2, 0) is 32.8 Å². The van der Waals surface area contributed by atoms with Crippen LogP contribution in [-0.4, -0.2) is 205 Å². The van der Waals surface area contributed by atoms with Gasteiger partial charge in [-0.25, -0.2) is 32.7 Å². The summed E-state index contributed by atoms with van der Waals surface area (Å²) in [5, 5.41) is 50.7. The van der Waals surface area contributed by atoms with Crippen molar-refractivity contribution in [1.82, 2.24) is 63.6 Å². The summed E-state index contributed by atoms with van der Waals surface area (Å²) in [5.74, 6) is 0.307. The highest BCUT2D eigenvalue weighted by molar-refractivity contribution is 7.52. The Balaban J connectivity index is 0.000000176. The Morgan fingerprint density at radius 2 is 1.09 bits per heavy atom. The molecule has 0 radical (unpaired) electrons. The number of aliphatic hydroxyl groups excluding tert-OH is 5. The van der Waals surface area contributed by atoms with Crippen LogP contribution in [0.15, 0.2) is 49.3 Å². The van der Waals surface area contributed by atoms with Crippen LogP contribution >= 0.6 is 19.3 Å². The number of carbonyl (C=O) groups is 1. The zero-order chi connectivity index (χ0) is 59.6. The molecule has 9 heterocycles. The Morgan fingerprint density at radius 1 is 0.683 bits per heavy atom. The zero-order valence-electron chi connectivity index (χ0n) is 44.8. The van der Waals surface area contributed by atoms with Gasteiger partial charge in [0.2, 0.25) is 17.8 Å².